The highest BCUT2D eigenvalue weighted by molar-refractivity contribution is 7.18. The van der Waals surface area contributed by atoms with Gasteiger partial charge in [0.1, 0.15) is 0 Å². The molecule has 1 aliphatic rings. The molecule has 0 bridgehead atoms. The summed E-state index contributed by atoms with van der Waals surface area (Å²) < 4.78 is 1.18. The smallest absolute Gasteiger partial charge is 0.233 e. The van der Waals surface area contributed by atoms with Gasteiger partial charge in [0.15, 0.2) is 0 Å². The number of hydrogen-bond donors (Lipinski definition) is 1. The fourth-order valence-corrected chi connectivity index (χ4v) is 5.35. The van der Waals surface area contributed by atoms with Crippen LogP contribution in [0.25, 0.3) is 10.2 Å². The first-order valence-corrected chi connectivity index (χ1v) is 10.8. The zero-order valence-electron chi connectivity index (χ0n) is 16.5. The number of carbonyl (C=O) groups is 1. The summed E-state index contributed by atoms with van der Waals surface area (Å²) in [5, 5.41) is 4.27. The molecule has 3 aromatic rings. The number of aromatic nitrogens is 1. The fourth-order valence-electron chi connectivity index (χ4n) is 4.23. The Morgan fingerprint density at radius 3 is 2.71 bits per heavy atom. The predicted octanol–water partition coefficient (Wildman–Crippen LogP) is 3.86. The van der Waals surface area contributed by atoms with Crippen LogP contribution in [0.3, 0.4) is 0 Å². The van der Waals surface area contributed by atoms with Gasteiger partial charge in [0.05, 0.1) is 20.6 Å². The van der Waals surface area contributed by atoms with E-state index in [1.807, 2.05) is 43.4 Å². The maximum absolute atomic E-state index is 13.7. The van der Waals surface area contributed by atoms with Crippen molar-refractivity contribution in [2.24, 2.45) is 5.92 Å². The van der Waals surface area contributed by atoms with Crippen LogP contribution >= 0.6 is 11.3 Å². The second-order valence-corrected chi connectivity index (χ2v) is 9.03. The van der Waals surface area contributed by atoms with Gasteiger partial charge in [-0.05, 0) is 50.6 Å². The lowest BCUT2D eigenvalue weighted by Gasteiger charge is -2.33. The summed E-state index contributed by atoms with van der Waals surface area (Å²) in [6.07, 6.45) is 1.70. The Kier molecular flexibility index (Phi) is 5.47. The SMILES string of the molecule is CNCC1CCN(C(=O)C(C)(Cc2nc3ccccc3s2)c2ccccc2)C1. The van der Waals surface area contributed by atoms with Gasteiger partial charge >= 0.3 is 0 Å². The third-order valence-electron chi connectivity index (χ3n) is 5.79. The van der Waals surface area contributed by atoms with Gasteiger partial charge in [-0.1, -0.05) is 42.5 Å². The Labute approximate surface area is 170 Å². The van der Waals surface area contributed by atoms with Crippen LogP contribution in [0.15, 0.2) is 54.6 Å². The molecule has 0 saturated carbocycles. The Morgan fingerprint density at radius 1 is 1.21 bits per heavy atom. The highest BCUT2D eigenvalue weighted by atomic mass is 32.1. The minimum absolute atomic E-state index is 0.219. The van der Waals surface area contributed by atoms with Crippen LogP contribution in [0.2, 0.25) is 0 Å². The summed E-state index contributed by atoms with van der Waals surface area (Å²) in [5.41, 5.74) is 1.47. The molecule has 2 aromatic carbocycles. The first-order valence-electron chi connectivity index (χ1n) is 9.94. The highest BCUT2D eigenvalue weighted by Crippen LogP contribution is 2.35. The molecule has 1 saturated heterocycles. The van der Waals surface area contributed by atoms with Gasteiger partial charge in [-0.3, -0.25) is 4.79 Å². The molecule has 4 rings (SSSR count). The van der Waals surface area contributed by atoms with Gasteiger partial charge in [-0.2, -0.15) is 0 Å². The average molecular weight is 394 g/mol. The first kappa shape index (κ1) is 19.1. The number of nitrogens with zero attached hydrogens (tertiary/aromatic N) is 2. The van der Waals surface area contributed by atoms with Gasteiger partial charge in [-0.25, -0.2) is 4.98 Å². The van der Waals surface area contributed by atoms with Crippen LogP contribution in [0, 0.1) is 5.92 Å². The van der Waals surface area contributed by atoms with E-state index in [0.717, 1.165) is 42.1 Å². The molecular formula is C23H27N3OS. The Morgan fingerprint density at radius 2 is 1.96 bits per heavy atom. The van der Waals surface area contributed by atoms with E-state index >= 15 is 0 Å². The number of benzene rings is 2. The quantitative estimate of drug-likeness (QED) is 0.692. The molecule has 1 fully saturated rings. The van der Waals surface area contributed by atoms with E-state index in [-0.39, 0.29) is 5.91 Å². The van der Waals surface area contributed by atoms with E-state index in [0.29, 0.717) is 12.3 Å². The number of thiazole rings is 1. The van der Waals surface area contributed by atoms with Crippen molar-refractivity contribution < 1.29 is 4.79 Å². The van der Waals surface area contributed by atoms with E-state index in [1.165, 1.54) is 4.70 Å². The summed E-state index contributed by atoms with van der Waals surface area (Å²) in [5.74, 6) is 0.757. The monoisotopic (exact) mass is 393 g/mol. The molecule has 28 heavy (non-hydrogen) atoms. The summed E-state index contributed by atoms with van der Waals surface area (Å²) in [7, 11) is 1.98. The van der Waals surface area contributed by atoms with E-state index in [9.17, 15) is 4.79 Å². The third-order valence-corrected chi connectivity index (χ3v) is 6.83. The van der Waals surface area contributed by atoms with Crippen LogP contribution in [0.4, 0.5) is 0 Å². The van der Waals surface area contributed by atoms with Crippen LogP contribution in [-0.2, 0) is 16.6 Å². The number of para-hydroxylation sites is 1. The first-order chi connectivity index (χ1) is 13.6. The number of likely N-dealkylation sites (tertiary alicyclic amines) is 1. The minimum Gasteiger partial charge on any atom is -0.342 e. The average Bonchev–Trinajstić information content (AvgIpc) is 3.34. The number of fused-ring (bicyclic) bond motifs is 1. The van der Waals surface area contributed by atoms with Crippen molar-refractivity contribution >= 4 is 27.5 Å². The predicted molar refractivity (Wildman–Crippen MR) is 116 cm³/mol. The van der Waals surface area contributed by atoms with Crippen molar-refractivity contribution in [3.63, 3.8) is 0 Å². The van der Waals surface area contributed by atoms with Crippen molar-refractivity contribution in [2.75, 3.05) is 26.7 Å². The van der Waals surface area contributed by atoms with Crippen molar-refractivity contribution in [1.29, 1.82) is 0 Å². The van der Waals surface area contributed by atoms with Gasteiger partial charge < -0.3 is 10.2 Å². The van der Waals surface area contributed by atoms with Crippen molar-refractivity contribution in [3.8, 4) is 0 Å². The zero-order chi connectivity index (χ0) is 19.6. The van der Waals surface area contributed by atoms with Crippen LogP contribution in [0.5, 0.6) is 0 Å². The van der Waals surface area contributed by atoms with Gasteiger partial charge in [0, 0.05) is 19.5 Å². The number of amides is 1. The minimum atomic E-state index is -0.607. The molecule has 5 heteroatoms. The molecule has 146 valence electrons. The molecule has 0 spiro atoms. The molecule has 0 aliphatic carbocycles. The van der Waals surface area contributed by atoms with E-state index in [1.54, 1.807) is 11.3 Å². The zero-order valence-corrected chi connectivity index (χ0v) is 17.3. The standard InChI is InChI=1S/C23H27N3OS/c1-23(18-8-4-3-5-9-18,22(27)26-13-12-17(16-26)15-24-2)14-21-25-19-10-6-7-11-20(19)28-21/h3-11,17,24H,12-16H2,1-2H3. The molecule has 1 N–H and O–H groups in total. The van der Waals surface area contributed by atoms with E-state index in [4.69, 9.17) is 4.98 Å². The number of hydrogen-bond acceptors (Lipinski definition) is 4. The van der Waals surface area contributed by atoms with Gasteiger partial charge in [0.25, 0.3) is 0 Å². The van der Waals surface area contributed by atoms with Gasteiger partial charge in [-0.15, -0.1) is 11.3 Å². The second-order valence-electron chi connectivity index (χ2n) is 7.91. The van der Waals surface area contributed by atoms with Crippen LogP contribution in [-0.4, -0.2) is 42.5 Å². The lowest BCUT2D eigenvalue weighted by molar-refractivity contribution is -0.136. The number of carbonyl (C=O) groups excluding carboxylic acids is 1. The summed E-state index contributed by atoms with van der Waals surface area (Å²) in [4.78, 5) is 20.6. The van der Waals surface area contributed by atoms with E-state index in [2.05, 4.69) is 35.3 Å². The molecule has 1 aliphatic heterocycles. The topological polar surface area (TPSA) is 45.2 Å². The maximum atomic E-state index is 13.7. The van der Waals surface area contributed by atoms with Crippen molar-refractivity contribution in [2.45, 2.75) is 25.2 Å². The van der Waals surface area contributed by atoms with Crippen molar-refractivity contribution in [1.82, 2.24) is 15.2 Å². The lowest BCUT2D eigenvalue weighted by atomic mass is 9.78. The molecule has 1 amide bonds. The van der Waals surface area contributed by atoms with Crippen LogP contribution < -0.4 is 5.32 Å². The molecule has 2 unspecified atom stereocenters. The molecule has 1 aromatic heterocycles. The summed E-state index contributed by atoms with van der Waals surface area (Å²) in [6, 6.07) is 18.4. The molecule has 4 nitrogen and oxygen atoms in total. The third kappa shape index (κ3) is 3.69. The van der Waals surface area contributed by atoms with E-state index < -0.39 is 5.41 Å². The Balaban J connectivity index is 1.65. The number of nitrogens with one attached hydrogen (secondary N) is 1. The maximum Gasteiger partial charge on any atom is 0.233 e. The largest absolute Gasteiger partial charge is 0.342 e. The van der Waals surface area contributed by atoms with Crippen LogP contribution in [0.1, 0.15) is 23.9 Å². The summed E-state index contributed by atoms with van der Waals surface area (Å²) >= 11 is 1.70. The summed E-state index contributed by atoms with van der Waals surface area (Å²) in [6.45, 7) is 4.72. The Bertz CT molecular complexity index is 922. The lowest BCUT2D eigenvalue weighted by Crippen LogP contribution is -2.46. The highest BCUT2D eigenvalue weighted by Gasteiger charge is 2.41. The second kappa shape index (κ2) is 8.02. The normalized spacial score (nSPS) is 19.1. The molecule has 0 radical (unpaired) electrons. The molecule has 2 atom stereocenters. The van der Waals surface area contributed by atoms with Gasteiger partial charge in [0.2, 0.25) is 5.91 Å². The Hall–Kier alpha value is -2.24. The van der Waals surface area contributed by atoms with Crippen molar-refractivity contribution in [3.05, 3.63) is 65.2 Å². The molecular weight excluding hydrogens is 366 g/mol. The fraction of sp³-hybridized carbons (Fsp3) is 0.391. The molecule has 2 heterocycles. The number of rotatable bonds is 6.